The third-order valence-corrected chi connectivity index (χ3v) is 7.56. The van der Waals surface area contributed by atoms with Crippen molar-refractivity contribution in [3.63, 3.8) is 0 Å². The zero-order chi connectivity index (χ0) is 23.5. The average Bonchev–Trinajstić information content (AvgIpc) is 2.87. The second-order valence-corrected chi connectivity index (χ2v) is 9.97. The van der Waals surface area contributed by atoms with Crippen molar-refractivity contribution >= 4 is 28.8 Å². The number of unbranched alkanes of at least 4 members (excludes halogenated alkanes) is 1. The normalized spacial score (nSPS) is 20.5. The quantitative estimate of drug-likeness (QED) is 0.488. The number of ketones is 1. The highest BCUT2D eigenvalue weighted by Gasteiger charge is 2.34. The minimum absolute atomic E-state index is 0.0542. The van der Waals surface area contributed by atoms with E-state index >= 15 is 0 Å². The lowest BCUT2D eigenvalue weighted by Crippen LogP contribution is -2.50. The molecule has 34 heavy (non-hydrogen) atoms. The maximum atomic E-state index is 12.8. The van der Waals surface area contributed by atoms with Gasteiger partial charge < -0.3 is 15.1 Å². The van der Waals surface area contributed by atoms with Gasteiger partial charge in [-0.05, 0) is 81.5 Å². The summed E-state index contributed by atoms with van der Waals surface area (Å²) < 4.78 is 0. The molecule has 180 valence electrons. The molecule has 0 radical (unpaired) electrons. The number of Topliss-reactive ketones (excluding diaryl/α,β-unsaturated/α-hetero) is 1. The summed E-state index contributed by atoms with van der Waals surface area (Å²) in [7, 11) is 0. The summed E-state index contributed by atoms with van der Waals surface area (Å²) in [5.74, 6) is 0.237. The van der Waals surface area contributed by atoms with Gasteiger partial charge in [-0.3, -0.25) is 14.5 Å². The number of amides is 1. The number of aryl methyl sites for hydroxylation is 1. The van der Waals surface area contributed by atoms with Crippen LogP contribution in [0.4, 0.5) is 17.1 Å². The molecule has 1 N–H and O–H groups in total. The van der Waals surface area contributed by atoms with Crippen molar-refractivity contribution in [2.45, 2.75) is 51.5 Å². The molecular formula is C28H36N4O2. The summed E-state index contributed by atoms with van der Waals surface area (Å²) in [6, 6.07) is 14.5. The van der Waals surface area contributed by atoms with E-state index in [1.165, 1.54) is 11.3 Å². The minimum atomic E-state index is -0.0542. The van der Waals surface area contributed by atoms with E-state index in [4.69, 9.17) is 0 Å². The Morgan fingerprint density at radius 1 is 1.00 bits per heavy atom. The number of nitrogens with one attached hydrogen (secondary N) is 1. The highest BCUT2D eigenvalue weighted by atomic mass is 16.2. The minimum Gasteiger partial charge on any atom is -0.369 e. The fourth-order valence-electron chi connectivity index (χ4n) is 5.59. The first-order valence-electron chi connectivity index (χ1n) is 12.9. The summed E-state index contributed by atoms with van der Waals surface area (Å²) in [5, 5.41) is 3.04. The van der Waals surface area contributed by atoms with Gasteiger partial charge in [-0.15, -0.1) is 0 Å². The van der Waals surface area contributed by atoms with Gasteiger partial charge in [-0.25, -0.2) is 0 Å². The van der Waals surface area contributed by atoms with Gasteiger partial charge in [0.2, 0.25) is 5.91 Å². The molecule has 2 saturated heterocycles. The van der Waals surface area contributed by atoms with Crippen molar-refractivity contribution < 1.29 is 9.59 Å². The van der Waals surface area contributed by atoms with Crippen LogP contribution in [-0.4, -0.2) is 61.9 Å². The molecule has 6 heteroatoms. The number of carbonyl (C=O) groups is 2. The van der Waals surface area contributed by atoms with Crippen LogP contribution in [0.2, 0.25) is 0 Å². The third-order valence-electron chi connectivity index (χ3n) is 7.56. The molecule has 0 bridgehead atoms. The molecule has 1 amide bonds. The van der Waals surface area contributed by atoms with Gasteiger partial charge in [0.05, 0.1) is 11.4 Å². The van der Waals surface area contributed by atoms with Crippen molar-refractivity contribution in [2.75, 3.05) is 54.4 Å². The lowest BCUT2D eigenvalue weighted by atomic mass is 9.96. The fourth-order valence-corrected chi connectivity index (χ4v) is 5.59. The summed E-state index contributed by atoms with van der Waals surface area (Å²) in [4.78, 5) is 32.5. The molecule has 2 aromatic rings. The van der Waals surface area contributed by atoms with Crippen LogP contribution < -0.4 is 15.1 Å². The van der Waals surface area contributed by atoms with Crippen molar-refractivity contribution in [3.8, 4) is 0 Å². The van der Waals surface area contributed by atoms with E-state index in [0.717, 1.165) is 82.7 Å². The Morgan fingerprint density at radius 2 is 1.85 bits per heavy atom. The van der Waals surface area contributed by atoms with Crippen LogP contribution in [0, 0.1) is 6.92 Å². The summed E-state index contributed by atoms with van der Waals surface area (Å²) in [6.45, 7) is 8.37. The molecule has 3 aliphatic heterocycles. The van der Waals surface area contributed by atoms with Crippen molar-refractivity contribution in [1.82, 2.24) is 4.90 Å². The van der Waals surface area contributed by atoms with Crippen LogP contribution in [0.3, 0.4) is 0 Å². The Hall–Kier alpha value is -2.86. The molecule has 0 aromatic heterocycles. The van der Waals surface area contributed by atoms with Crippen LogP contribution in [0.25, 0.3) is 0 Å². The molecule has 1 atom stereocenters. The number of piperazine rings is 1. The number of carbonyl (C=O) groups excluding carboxylic acids is 2. The number of anilines is 3. The SMILES string of the molecule is Cc1cccc(N2CCN(CCCCC(=O)c3ccc4c(c3)NC(=O)C3CCCCN43)CC2)c1. The molecule has 0 aliphatic carbocycles. The van der Waals surface area contributed by atoms with Crippen molar-refractivity contribution in [2.24, 2.45) is 0 Å². The number of fused-ring (bicyclic) bond motifs is 3. The Labute approximate surface area is 202 Å². The molecule has 2 aromatic carbocycles. The van der Waals surface area contributed by atoms with Gasteiger partial charge in [-0.1, -0.05) is 12.1 Å². The molecule has 1 unspecified atom stereocenters. The van der Waals surface area contributed by atoms with Crippen molar-refractivity contribution in [3.05, 3.63) is 53.6 Å². The Balaban J connectivity index is 1.07. The van der Waals surface area contributed by atoms with Crippen LogP contribution in [0.15, 0.2) is 42.5 Å². The largest absolute Gasteiger partial charge is 0.369 e. The van der Waals surface area contributed by atoms with E-state index in [9.17, 15) is 9.59 Å². The predicted molar refractivity (Wildman–Crippen MR) is 138 cm³/mol. The Kier molecular flexibility index (Phi) is 6.86. The van der Waals surface area contributed by atoms with Gasteiger partial charge in [-0.2, -0.15) is 0 Å². The van der Waals surface area contributed by atoms with Gasteiger partial charge in [0.25, 0.3) is 0 Å². The van der Waals surface area contributed by atoms with Crippen molar-refractivity contribution in [1.29, 1.82) is 0 Å². The zero-order valence-corrected chi connectivity index (χ0v) is 20.3. The Morgan fingerprint density at radius 3 is 2.68 bits per heavy atom. The van der Waals surface area contributed by atoms with E-state index in [0.29, 0.717) is 12.0 Å². The predicted octanol–water partition coefficient (Wildman–Crippen LogP) is 4.48. The first-order chi connectivity index (χ1) is 16.6. The lowest BCUT2D eigenvalue weighted by molar-refractivity contribution is -0.118. The molecule has 2 fully saturated rings. The number of piperidine rings is 1. The fraction of sp³-hybridized carbons (Fsp3) is 0.500. The summed E-state index contributed by atoms with van der Waals surface area (Å²) in [6.07, 6.45) is 5.62. The van der Waals surface area contributed by atoms with E-state index in [1.54, 1.807) is 0 Å². The van der Waals surface area contributed by atoms with Gasteiger partial charge >= 0.3 is 0 Å². The van der Waals surface area contributed by atoms with E-state index in [2.05, 4.69) is 51.2 Å². The molecular weight excluding hydrogens is 424 g/mol. The second-order valence-electron chi connectivity index (χ2n) is 9.97. The van der Waals surface area contributed by atoms with Gasteiger partial charge in [0, 0.05) is 50.4 Å². The van der Waals surface area contributed by atoms with E-state index in [1.807, 2.05) is 18.2 Å². The number of rotatable bonds is 7. The molecule has 0 spiro atoms. The van der Waals surface area contributed by atoms with Crippen LogP contribution in [0.5, 0.6) is 0 Å². The summed E-state index contributed by atoms with van der Waals surface area (Å²) >= 11 is 0. The van der Waals surface area contributed by atoms with Crippen LogP contribution in [-0.2, 0) is 4.79 Å². The van der Waals surface area contributed by atoms with E-state index < -0.39 is 0 Å². The topological polar surface area (TPSA) is 55.9 Å². The second kappa shape index (κ2) is 10.2. The zero-order valence-electron chi connectivity index (χ0n) is 20.3. The number of hydrogen-bond donors (Lipinski definition) is 1. The van der Waals surface area contributed by atoms with E-state index in [-0.39, 0.29) is 17.7 Å². The average molecular weight is 461 g/mol. The standard InChI is InChI=1S/C28H36N4O2/c1-21-7-6-8-23(19-21)31-17-15-30(16-18-31)13-4-3-10-27(33)22-11-12-25-24(20-22)29-28(34)26-9-2-5-14-32(25)26/h6-8,11-12,19-20,26H,2-5,9-10,13-18H2,1H3,(H,29,34). The lowest BCUT2D eigenvalue weighted by Gasteiger charge is -2.41. The number of hydrogen-bond acceptors (Lipinski definition) is 5. The monoisotopic (exact) mass is 460 g/mol. The van der Waals surface area contributed by atoms with Crippen LogP contribution >= 0.6 is 0 Å². The maximum Gasteiger partial charge on any atom is 0.247 e. The van der Waals surface area contributed by atoms with Gasteiger partial charge in [0.1, 0.15) is 6.04 Å². The third kappa shape index (κ3) is 4.97. The van der Waals surface area contributed by atoms with Gasteiger partial charge in [0.15, 0.2) is 5.78 Å². The molecule has 6 nitrogen and oxygen atoms in total. The number of nitrogens with zero attached hydrogens (tertiary/aromatic N) is 3. The molecule has 0 saturated carbocycles. The highest BCUT2D eigenvalue weighted by Crippen LogP contribution is 2.36. The highest BCUT2D eigenvalue weighted by molar-refractivity contribution is 6.06. The first-order valence-corrected chi connectivity index (χ1v) is 12.9. The molecule has 3 aliphatic rings. The molecule has 5 rings (SSSR count). The first kappa shape index (κ1) is 22.9. The number of benzene rings is 2. The Bertz CT molecular complexity index is 1040. The molecule has 3 heterocycles. The maximum absolute atomic E-state index is 12.8. The van der Waals surface area contributed by atoms with Crippen LogP contribution in [0.1, 0.15) is 54.4 Å². The summed E-state index contributed by atoms with van der Waals surface area (Å²) in [5.41, 5.74) is 5.19. The smallest absolute Gasteiger partial charge is 0.247 e.